The summed E-state index contributed by atoms with van der Waals surface area (Å²) in [5.74, 6) is -1.30. The fourth-order valence-electron chi connectivity index (χ4n) is 3.23. The highest BCUT2D eigenvalue weighted by molar-refractivity contribution is 6.34. The van der Waals surface area contributed by atoms with Crippen molar-refractivity contribution < 1.29 is 14.4 Å². The maximum atomic E-state index is 13.1. The Morgan fingerprint density at radius 3 is 1.96 bits per heavy atom. The van der Waals surface area contributed by atoms with Crippen molar-refractivity contribution in [1.82, 2.24) is 5.43 Å². The van der Waals surface area contributed by atoms with E-state index < -0.39 is 17.9 Å². The molecule has 2 aromatic carbocycles. The molecule has 1 saturated heterocycles. The number of fused-ring (bicyclic) bond motifs is 1. The molecule has 2 amide bonds. The highest BCUT2D eigenvalue weighted by atomic mass is 35.5. The summed E-state index contributed by atoms with van der Waals surface area (Å²) in [5, 5.41) is 2.54. The van der Waals surface area contributed by atoms with Crippen molar-refractivity contribution in [3.8, 4) is 0 Å². The largest absolute Gasteiger partial charge is 0.293 e. The highest BCUT2D eigenvalue weighted by Gasteiger charge is 2.53. The number of allylic oxidation sites excluding steroid dienone is 1. The predicted octanol–water partition coefficient (Wildman–Crippen LogP) is 3.10. The third-order valence-corrected chi connectivity index (χ3v) is 4.97. The molecular weight excluding hydrogens is 389 g/mol. The molecule has 6 nitrogen and oxygen atoms in total. The molecule has 0 saturated carbocycles. The van der Waals surface area contributed by atoms with E-state index in [0.717, 1.165) is 4.90 Å². The van der Waals surface area contributed by atoms with E-state index in [1.54, 1.807) is 48.5 Å². The van der Waals surface area contributed by atoms with Crippen LogP contribution in [0.3, 0.4) is 0 Å². The minimum Gasteiger partial charge on any atom is -0.293 e. The Kier molecular flexibility index (Phi) is 4.17. The topological polar surface area (TPSA) is 69.7 Å². The maximum Gasteiger partial charge on any atom is 0.266 e. The zero-order valence-electron chi connectivity index (χ0n) is 14.1. The summed E-state index contributed by atoms with van der Waals surface area (Å²) in [5.41, 5.74) is 4.16. The molecular formula is C19H13Cl2N3O3. The summed E-state index contributed by atoms with van der Waals surface area (Å²) in [6.07, 6.45) is 0. The van der Waals surface area contributed by atoms with Gasteiger partial charge in [-0.25, -0.2) is 4.90 Å². The number of benzene rings is 2. The number of carbonyl (C=O) groups is 3. The summed E-state index contributed by atoms with van der Waals surface area (Å²) in [4.78, 5) is 39.3. The van der Waals surface area contributed by atoms with Crippen LogP contribution in [0.25, 0.3) is 0 Å². The van der Waals surface area contributed by atoms with Gasteiger partial charge in [-0.2, -0.15) is 0 Å². The molecule has 0 bridgehead atoms. The van der Waals surface area contributed by atoms with Gasteiger partial charge in [0.25, 0.3) is 11.8 Å². The van der Waals surface area contributed by atoms with Gasteiger partial charge < -0.3 is 0 Å². The zero-order chi connectivity index (χ0) is 19.3. The number of carbonyl (C=O) groups excluding carboxylic acids is 3. The van der Waals surface area contributed by atoms with Gasteiger partial charge in [0, 0.05) is 17.0 Å². The van der Waals surface area contributed by atoms with Crippen LogP contribution in [0, 0.1) is 0 Å². The summed E-state index contributed by atoms with van der Waals surface area (Å²) in [7, 11) is 0. The molecule has 2 aliphatic heterocycles. The van der Waals surface area contributed by atoms with Crippen molar-refractivity contribution in [2.75, 3.05) is 9.91 Å². The molecule has 0 unspecified atom stereocenters. The highest BCUT2D eigenvalue weighted by Crippen LogP contribution is 2.37. The molecule has 8 heteroatoms. The molecule has 0 spiro atoms. The lowest BCUT2D eigenvalue weighted by molar-refractivity contribution is -0.121. The van der Waals surface area contributed by atoms with E-state index in [-0.39, 0.29) is 17.1 Å². The summed E-state index contributed by atoms with van der Waals surface area (Å²) < 4.78 is 0. The second-order valence-electron chi connectivity index (χ2n) is 6.16. The van der Waals surface area contributed by atoms with Gasteiger partial charge in [-0.15, -0.1) is 0 Å². The second kappa shape index (κ2) is 6.40. The number of hydrazine groups is 1. The number of anilines is 2. The number of rotatable bonds is 3. The van der Waals surface area contributed by atoms with Crippen molar-refractivity contribution in [3.05, 3.63) is 69.8 Å². The van der Waals surface area contributed by atoms with Gasteiger partial charge in [0.1, 0.15) is 5.70 Å². The number of hydrogen-bond acceptors (Lipinski definition) is 5. The van der Waals surface area contributed by atoms with Crippen LogP contribution in [0.15, 0.2) is 59.8 Å². The van der Waals surface area contributed by atoms with Crippen LogP contribution in [0.1, 0.15) is 6.92 Å². The van der Waals surface area contributed by atoms with Crippen LogP contribution in [0.4, 0.5) is 11.4 Å². The number of ketones is 1. The molecule has 2 aliphatic rings. The first kappa shape index (κ1) is 17.6. The van der Waals surface area contributed by atoms with Crippen LogP contribution in [-0.2, 0) is 14.4 Å². The molecule has 27 heavy (non-hydrogen) atoms. The van der Waals surface area contributed by atoms with Gasteiger partial charge in [0.05, 0.1) is 16.9 Å². The van der Waals surface area contributed by atoms with Gasteiger partial charge >= 0.3 is 0 Å². The fraction of sp³-hybridized carbons (Fsp3) is 0.105. The quantitative estimate of drug-likeness (QED) is 0.800. The lowest BCUT2D eigenvalue weighted by Crippen LogP contribution is -2.46. The first-order chi connectivity index (χ1) is 12.9. The Balaban J connectivity index is 1.80. The number of Topliss-reactive ketones (excluding diaryl/α,β-unsaturated/α-hetero) is 1. The lowest BCUT2D eigenvalue weighted by atomic mass is 10.1. The summed E-state index contributed by atoms with van der Waals surface area (Å²) in [6, 6.07) is 12.2. The molecule has 0 aliphatic carbocycles. The van der Waals surface area contributed by atoms with Crippen molar-refractivity contribution in [1.29, 1.82) is 0 Å². The number of amides is 2. The van der Waals surface area contributed by atoms with E-state index in [1.807, 2.05) is 0 Å². The van der Waals surface area contributed by atoms with E-state index in [2.05, 4.69) is 5.43 Å². The average Bonchev–Trinajstić information content (AvgIpc) is 3.15. The zero-order valence-corrected chi connectivity index (χ0v) is 15.6. The Morgan fingerprint density at radius 2 is 1.44 bits per heavy atom. The lowest BCUT2D eigenvalue weighted by Gasteiger charge is -2.26. The van der Waals surface area contributed by atoms with E-state index in [0.29, 0.717) is 21.4 Å². The van der Waals surface area contributed by atoms with Crippen molar-refractivity contribution in [2.24, 2.45) is 0 Å². The Hall–Kier alpha value is -2.83. The number of nitrogens with one attached hydrogen (secondary N) is 1. The fourth-order valence-corrected chi connectivity index (χ4v) is 3.48. The Morgan fingerprint density at radius 1 is 0.926 bits per heavy atom. The molecule has 2 heterocycles. The number of imide groups is 1. The third kappa shape index (κ3) is 2.78. The van der Waals surface area contributed by atoms with Crippen molar-refractivity contribution in [3.63, 3.8) is 0 Å². The number of hydrogen-bond donors (Lipinski definition) is 1. The summed E-state index contributed by atoms with van der Waals surface area (Å²) in [6.45, 7) is 1.35. The van der Waals surface area contributed by atoms with Gasteiger partial charge in [0.15, 0.2) is 11.8 Å². The first-order valence-corrected chi connectivity index (χ1v) is 8.84. The molecule has 0 aromatic heterocycles. The first-order valence-electron chi connectivity index (χ1n) is 8.09. The van der Waals surface area contributed by atoms with Gasteiger partial charge in [-0.1, -0.05) is 23.2 Å². The van der Waals surface area contributed by atoms with Gasteiger partial charge in [-0.3, -0.25) is 24.8 Å². The molecule has 0 radical (unpaired) electrons. The molecule has 2 aromatic rings. The molecule has 1 fully saturated rings. The van der Waals surface area contributed by atoms with Crippen LogP contribution in [-0.4, -0.2) is 23.6 Å². The predicted molar refractivity (Wildman–Crippen MR) is 103 cm³/mol. The number of nitrogens with zero attached hydrogens (tertiary/aromatic N) is 2. The molecule has 136 valence electrons. The normalized spacial score (nSPS) is 18.9. The Bertz CT molecular complexity index is 1000. The van der Waals surface area contributed by atoms with E-state index in [9.17, 15) is 14.4 Å². The molecule has 1 N–H and O–H groups in total. The van der Waals surface area contributed by atoms with Crippen molar-refractivity contribution in [2.45, 2.75) is 13.0 Å². The van der Waals surface area contributed by atoms with Crippen molar-refractivity contribution >= 4 is 52.2 Å². The maximum absolute atomic E-state index is 13.1. The Labute approximate surface area is 164 Å². The molecule has 4 rings (SSSR count). The molecule has 1 atom stereocenters. The van der Waals surface area contributed by atoms with Crippen LogP contribution in [0.5, 0.6) is 0 Å². The monoisotopic (exact) mass is 401 g/mol. The third-order valence-electron chi connectivity index (χ3n) is 4.46. The minimum atomic E-state index is -0.937. The van der Waals surface area contributed by atoms with Crippen LogP contribution < -0.4 is 15.3 Å². The minimum absolute atomic E-state index is 0.116. The van der Waals surface area contributed by atoms with Crippen LogP contribution >= 0.6 is 23.2 Å². The standard InChI is InChI=1S/C19H13Cl2N3O3/c1-10(25)16-15-17(24(22-16)14-8-4-12(21)5-9-14)19(27)23(18(15)26)13-6-2-11(20)3-7-13/h2-9,17,22H,1H3/t17-/m1/s1. The average molecular weight is 402 g/mol. The van der Waals surface area contributed by atoms with E-state index >= 15 is 0 Å². The van der Waals surface area contributed by atoms with E-state index in [4.69, 9.17) is 23.2 Å². The van der Waals surface area contributed by atoms with Crippen LogP contribution in [0.2, 0.25) is 10.0 Å². The number of halogens is 2. The van der Waals surface area contributed by atoms with Gasteiger partial charge in [-0.05, 0) is 48.5 Å². The second-order valence-corrected chi connectivity index (χ2v) is 7.03. The summed E-state index contributed by atoms with van der Waals surface area (Å²) >= 11 is 11.8. The van der Waals surface area contributed by atoms with Gasteiger partial charge in [0.2, 0.25) is 0 Å². The van der Waals surface area contributed by atoms with E-state index in [1.165, 1.54) is 11.9 Å². The SMILES string of the molecule is CC(=O)C1=C2C(=O)N(c3ccc(Cl)cc3)C(=O)[C@@H]2N(c2ccc(Cl)cc2)N1. The smallest absolute Gasteiger partial charge is 0.266 e.